The van der Waals surface area contributed by atoms with Gasteiger partial charge >= 0.3 is 0 Å². The Morgan fingerprint density at radius 2 is 1.16 bits per heavy atom. The summed E-state index contributed by atoms with van der Waals surface area (Å²) in [5.41, 5.74) is 10.6. The molecule has 0 N–H and O–H groups in total. The van der Waals surface area contributed by atoms with E-state index in [0.29, 0.717) is 0 Å². The number of hydrogen-bond donors (Lipinski definition) is 0. The van der Waals surface area contributed by atoms with Gasteiger partial charge in [0.25, 0.3) is 0 Å². The second kappa shape index (κ2) is 9.10. The Bertz CT molecular complexity index is 1330. The molecule has 0 atom stereocenters. The van der Waals surface area contributed by atoms with E-state index in [4.69, 9.17) is 10.5 Å². The average molecular weight is 546 g/mol. The molecule has 32 heavy (non-hydrogen) atoms. The highest BCUT2D eigenvalue weighted by molar-refractivity contribution is 9.10. The number of hydrogen-bond acceptors (Lipinski definition) is 1. The first-order valence-corrected chi connectivity index (χ1v) is 11.7. The third kappa shape index (κ3) is 4.24. The monoisotopic (exact) mass is 544 g/mol. The minimum atomic E-state index is 0.827. The van der Waals surface area contributed by atoms with Crippen LogP contribution in [0.5, 0.6) is 0 Å². The quantitative estimate of drug-likeness (QED) is 0.211. The van der Waals surface area contributed by atoms with E-state index in [9.17, 15) is 0 Å². The zero-order chi connectivity index (χ0) is 21.9. The summed E-state index contributed by atoms with van der Waals surface area (Å²) in [4.78, 5) is 3.73. The van der Waals surface area contributed by atoms with Crippen molar-refractivity contribution in [2.75, 3.05) is 0 Å². The lowest BCUT2D eigenvalue weighted by Crippen LogP contribution is -2.40. The lowest BCUT2D eigenvalue weighted by Gasteiger charge is -2.16. The molecular weight excluding hydrogens is 528 g/mol. The molecule has 1 aromatic heterocycles. The maximum Gasteiger partial charge on any atom is 0.234 e. The van der Waals surface area contributed by atoms with Crippen molar-refractivity contribution in [3.63, 3.8) is 0 Å². The van der Waals surface area contributed by atoms with Crippen LogP contribution >= 0.6 is 31.9 Å². The lowest BCUT2D eigenvalue weighted by molar-refractivity contribution is -0.690. The summed E-state index contributed by atoms with van der Waals surface area (Å²) >= 11 is 7.03. The van der Waals surface area contributed by atoms with E-state index in [1.807, 2.05) is 94.5 Å². The van der Waals surface area contributed by atoms with E-state index in [0.717, 1.165) is 42.8 Å². The topological polar surface area (TPSA) is 35.8 Å². The van der Waals surface area contributed by atoms with Crippen molar-refractivity contribution in [2.45, 2.75) is 0 Å². The van der Waals surface area contributed by atoms with E-state index in [2.05, 4.69) is 56.1 Å². The molecule has 0 bridgehead atoms. The average Bonchev–Trinajstić information content (AvgIpc) is 3.21. The van der Waals surface area contributed by atoms with Crippen LogP contribution in [-0.2, 0) is 0 Å². The Morgan fingerprint density at radius 3 is 1.75 bits per heavy atom. The van der Waals surface area contributed by atoms with Gasteiger partial charge < -0.3 is 0 Å². The van der Waals surface area contributed by atoms with Crippen molar-refractivity contribution in [2.24, 2.45) is 0 Å². The molecule has 6 heteroatoms. The normalized spacial score (nSPS) is 10.8. The summed E-state index contributed by atoms with van der Waals surface area (Å²) in [7, 11) is 0. The standard InChI is InChI=1S/C26H18Br2N4/c27-21-11-15-23(16-12-21)29-32-26(20-9-5-2-6-10-20)25(19-7-3-1-4-8-19)30-31(32)24-17-13-22(28)14-18-24/h1-18H. The van der Waals surface area contributed by atoms with Crippen LogP contribution in [-0.4, -0.2) is 9.90 Å². The van der Waals surface area contributed by atoms with E-state index in [-0.39, 0.29) is 0 Å². The number of halogens is 2. The highest BCUT2D eigenvalue weighted by Gasteiger charge is 2.25. The Balaban J connectivity index is 1.78. The van der Waals surface area contributed by atoms with Gasteiger partial charge in [-0.25, -0.2) is 0 Å². The molecule has 0 unspecified atom stereocenters. The molecular formula is C26H18Br2N4. The molecule has 5 aromatic rings. The second-order valence-corrected chi connectivity index (χ2v) is 8.99. The van der Waals surface area contributed by atoms with Crippen molar-refractivity contribution in [3.8, 4) is 28.2 Å². The summed E-state index contributed by atoms with van der Waals surface area (Å²) in [6, 6.07) is 36.5. The van der Waals surface area contributed by atoms with Crippen LogP contribution in [0.1, 0.15) is 0 Å². The fourth-order valence-corrected chi connectivity index (χ4v) is 3.99. The Labute approximate surface area is 203 Å². The highest BCUT2D eigenvalue weighted by Crippen LogP contribution is 2.31. The molecule has 0 saturated carbocycles. The van der Waals surface area contributed by atoms with Gasteiger partial charge in [-0.3, -0.25) is 5.43 Å². The molecule has 0 aliphatic carbocycles. The zero-order valence-electron chi connectivity index (χ0n) is 16.9. The first-order chi connectivity index (χ1) is 15.7. The lowest BCUT2D eigenvalue weighted by atomic mass is 10.1. The van der Waals surface area contributed by atoms with E-state index >= 15 is 0 Å². The van der Waals surface area contributed by atoms with Crippen LogP contribution in [0.2, 0.25) is 0 Å². The maximum atomic E-state index is 5.03. The van der Waals surface area contributed by atoms with E-state index in [1.165, 1.54) is 0 Å². The summed E-state index contributed by atoms with van der Waals surface area (Å²) in [6.07, 6.45) is 0. The third-order valence-electron chi connectivity index (χ3n) is 4.99. The molecule has 0 spiro atoms. The highest BCUT2D eigenvalue weighted by atomic mass is 79.9. The zero-order valence-corrected chi connectivity index (χ0v) is 20.1. The van der Waals surface area contributed by atoms with Gasteiger partial charge in [-0.05, 0) is 35.1 Å². The van der Waals surface area contributed by atoms with Gasteiger partial charge in [0.05, 0.1) is 0 Å². The SMILES string of the molecule is Brc1ccc([N-][n+]2c(-c3ccccc3)c(-c3ccccc3)nn2-c2ccc(Br)cc2)cc1. The van der Waals surface area contributed by atoms with Crippen molar-refractivity contribution in [3.05, 3.63) is 124 Å². The van der Waals surface area contributed by atoms with Crippen molar-refractivity contribution < 1.29 is 4.79 Å². The molecule has 0 aliphatic heterocycles. The molecule has 0 aliphatic rings. The minimum Gasteiger partial charge on any atom is -0.271 e. The van der Waals surface area contributed by atoms with Gasteiger partial charge in [-0.2, -0.15) is 4.79 Å². The Morgan fingerprint density at radius 1 is 0.625 bits per heavy atom. The molecule has 0 saturated heterocycles. The summed E-state index contributed by atoms with van der Waals surface area (Å²) in [5, 5.41) is 5.03. The Kier molecular flexibility index (Phi) is 5.88. The van der Waals surface area contributed by atoms with Crippen molar-refractivity contribution >= 4 is 37.5 Å². The van der Waals surface area contributed by atoms with Crippen molar-refractivity contribution in [1.82, 2.24) is 9.90 Å². The van der Waals surface area contributed by atoms with E-state index < -0.39 is 0 Å². The number of benzene rings is 4. The van der Waals surface area contributed by atoms with Gasteiger partial charge in [0.2, 0.25) is 5.69 Å². The molecule has 156 valence electrons. The molecule has 5 rings (SSSR count). The fourth-order valence-electron chi connectivity index (χ4n) is 3.46. The first-order valence-electron chi connectivity index (χ1n) is 10.1. The minimum absolute atomic E-state index is 0.827. The second-order valence-electron chi connectivity index (χ2n) is 7.16. The maximum absolute atomic E-state index is 5.03. The Hall–Kier alpha value is -3.22. The number of nitrogens with zero attached hydrogens (tertiary/aromatic N) is 4. The summed E-state index contributed by atoms with van der Waals surface area (Å²) < 4.78 is 2.02. The smallest absolute Gasteiger partial charge is 0.234 e. The van der Waals surface area contributed by atoms with Crippen LogP contribution in [0.15, 0.2) is 118 Å². The number of rotatable bonds is 5. The van der Waals surface area contributed by atoms with Crippen molar-refractivity contribution in [1.29, 1.82) is 0 Å². The molecule has 1 heterocycles. The molecule has 4 aromatic carbocycles. The van der Waals surface area contributed by atoms with Gasteiger partial charge in [-0.1, -0.05) is 117 Å². The fraction of sp³-hybridized carbons (Fsp3) is 0. The van der Waals surface area contributed by atoms with Crippen LogP contribution in [0.25, 0.3) is 33.6 Å². The van der Waals surface area contributed by atoms with Crippen LogP contribution in [0.3, 0.4) is 0 Å². The molecule has 0 fully saturated rings. The van der Waals surface area contributed by atoms with Gasteiger partial charge in [0, 0.05) is 25.8 Å². The first kappa shape index (κ1) is 20.7. The molecule has 4 nitrogen and oxygen atoms in total. The van der Waals surface area contributed by atoms with Gasteiger partial charge in [0.15, 0.2) is 5.69 Å². The predicted molar refractivity (Wildman–Crippen MR) is 135 cm³/mol. The largest absolute Gasteiger partial charge is 0.271 e. The van der Waals surface area contributed by atoms with Gasteiger partial charge in [-0.15, -0.1) is 4.80 Å². The predicted octanol–water partition coefficient (Wildman–Crippen LogP) is 7.49. The molecule has 0 radical (unpaired) electrons. The van der Waals surface area contributed by atoms with Crippen LogP contribution < -0.4 is 4.79 Å². The van der Waals surface area contributed by atoms with Crippen LogP contribution in [0.4, 0.5) is 5.69 Å². The molecule has 0 amide bonds. The summed E-state index contributed by atoms with van der Waals surface area (Å²) in [5.74, 6) is 0. The third-order valence-corrected chi connectivity index (χ3v) is 6.04. The van der Waals surface area contributed by atoms with Crippen LogP contribution in [0, 0.1) is 0 Å². The van der Waals surface area contributed by atoms with Gasteiger partial charge in [0.1, 0.15) is 0 Å². The van der Waals surface area contributed by atoms with E-state index in [1.54, 1.807) is 0 Å². The number of aromatic nitrogens is 3. The summed E-state index contributed by atoms with van der Waals surface area (Å²) in [6.45, 7) is 0.